The van der Waals surface area contributed by atoms with E-state index in [1.165, 1.54) is 11.1 Å². The van der Waals surface area contributed by atoms with Crippen LogP contribution in [0.15, 0.2) is 42.6 Å². The van der Waals surface area contributed by atoms with Crippen LogP contribution in [-0.2, 0) is 6.54 Å². The lowest BCUT2D eigenvalue weighted by Gasteiger charge is -2.15. The molecular weight excluding hydrogens is 248 g/mol. The zero-order chi connectivity index (χ0) is 14.4. The minimum Gasteiger partial charge on any atom is -0.439 e. The third kappa shape index (κ3) is 3.58. The second kappa shape index (κ2) is 7.06. The van der Waals surface area contributed by atoms with Gasteiger partial charge in [-0.25, -0.2) is 4.98 Å². The second-order valence-corrected chi connectivity index (χ2v) is 4.98. The molecule has 0 aliphatic rings. The van der Waals surface area contributed by atoms with E-state index in [1.54, 1.807) is 6.20 Å². The molecule has 0 aliphatic heterocycles. The van der Waals surface area contributed by atoms with Crippen LogP contribution in [0.2, 0.25) is 0 Å². The number of aromatic nitrogens is 1. The number of pyridine rings is 1. The molecule has 1 aromatic carbocycles. The third-order valence-electron chi connectivity index (χ3n) is 3.46. The fourth-order valence-electron chi connectivity index (χ4n) is 2.13. The summed E-state index contributed by atoms with van der Waals surface area (Å²) in [5.74, 6) is 2.02. The van der Waals surface area contributed by atoms with Crippen LogP contribution in [0, 0.1) is 0 Å². The van der Waals surface area contributed by atoms with Gasteiger partial charge in [0.1, 0.15) is 5.75 Å². The Balaban J connectivity index is 2.23. The first-order valence-corrected chi connectivity index (χ1v) is 7.11. The number of nitrogens with zero attached hydrogens (tertiary/aromatic N) is 1. The number of benzene rings is 1. The first-order chi connectivity index (χ1) is 9.74. The molecule has 3 nitrogen and oxygen atoms in total. The van der Waals surface area contributed by atoms with Crippen LogP contribution < -0.4 is 10.1 Å². The molecule has 1 N–H and O–H groups in total. The molecule has 0 fully saturated rings. The Bertz CT molecular complexity index is 554. The van der Waals surface area contributed by atoms with Crippen LogP contribution in [0.4, 0.5) is 0 Å². The van der Waals surface area contributed by atoms with Crippen LogP contribution in [0.25, 0.3) is 0 Å². The first-order valence-electron chi connectivity index (χ1n) is 7.11. The summed E-state index contributed by atoms with van der Waals surface area (Å²) in [6.07, 6.45) is 2.88. The Morgan fingerprint density at radius 3 is 2.80 bits per heavy atom. The van der Waals surface area contributed by atoms with Crippen LogP contribution in [0.1, 0.15) is 37.3 Å². The molecule has 1 atom stereocenters. The van der Waals surface area contributed by atoms with Crippen molar-refractivity contribution in [3.05, 3.63) is 53.7 Å². The van der Waals surface area contributed by atoms with Crippen molar-refractivity contribution in [3.8, 4) is 11.6 Å². The summed E-state index contributed by atoms with van der Waals surface area (Å²) in [6, 6.07) is 12.2. The van der Waals surface area contributed by atoms with Crippen LogP contribution in [0.5, 0.6) is 11.6 Å². The fraction of sp³-hybridized carbons (Fsp3) is 0.353. The van der Waals surface area contributed by atoms with E-state index in [9.17, 15) is 0 Å². The highest BCUT2D eigenvalue weighted by atomic mass is 16.5. The lowest BCUT2D eigenvalue weighted by molar-refractivity contribution is 0.451. The van der Waals surface area contributed by atoms with E-state index in [0.29, 0.717) is 11.8 Å². The van der Waals surface area contributed by atoms with E-state index >= 15 is 0 Å². The molecular formula is C17H22N2O. The van der Waals surface area contributed by atoms with Crippen LogP contribution >= 0.6 is 0 Å². The smallest absolute Gasteiger partial charge is 0.219 e. The Hall–Kier alpha value is -1.87. The van der Waals surface area contributed by atoms with Gasteiger partial charge in [0.25, 0.3) is 0 Å². The largest absolute Gasteiger partial charge is 0.439 e. The molecule has 2 aromatic rings. The van der Waals surface area contributed by atoms with Gasteiger partial charge in [0, 0.05) is 18.8 Å². The topological polar surface area (TPSA) is 34.1 Å². The van der Waals surface area contributed by atoms with Gasteiger partial charge in [-0.05, 0) is 42.6 Å². The summed E-state index contributed by atoms with van der Waals surface area (Å²) >= 11 is 0. The minimum absolute atomic E-state index is 0.478. The van der Waals surface area contributed by atoms with Gasteiger partial charge in [-0.15, -0.1) is 0 Å². The maximum atomic E-state index is 5.98. The molecule has 3 heteroatoms. The maximum absolute atomic E-state index is 5.98. The summed E-state index contributed by atoms with van der Waals surface area (Å²) in [7, 11) is 1.93. The first kappa shape index (κ1) is 14.5. The van der Waals surface area contributed by atoms with Gasteiger partial charge in [0.05, 0.1) is 0 Å². The molecule has 0 spiro atoms. The number of rotatable bonds is 6. The molecule has 1 unspecified atom stereocenters. The monoisotopic (exact) mass is 270 g/mol. The summed E-state index contributed by atoms with van der Waals surface area (Å²) in [6.45, 7) is 5.21. The van der Waals surface area contributed by atoms with E-state index in [4.69, 9.17) is 4.74 Å². The van der Waals surface area contributed by atoms with E-state index in [0.717, 1.165) is 18.7 Å². The molecule has 20 heavy (non-hydrogen) atoms. The fourth-order valence-corrected chi connectivity index (χ4v) is 2.13. The van der Waals surface area contributed by atoms with Gasteiger partial charge >= 0.3 is 0 Å². The average Bonchev–Trinajstić information content (AvgIpc) is 2.48. The number of ether oxygens (including phenoxy) is 1. The van der Waals surface area contributed by atoms with Gasteiger partial charge < -0.3 is 10.1 Å². The Morgan fingerprint density at radius 2 is 2.05 bits per heavy atom. The number of hydrogen-bond donors (Lipinski definition) is 1. The van der Waals surface area contributed by atoms with Crippen molar-refractivity contribution in [1.82, 2.24) is 10.3 Å². The zero-order valence-corrected chi connectivity index (χ0v) is 12.4. The van der Waals surface area contributed by atoms with Gasteiger partial charge in [-0.3, -0.25) is 0 Å². The van der Waals surface area contributed by atoms with Gasteiger partial charge in [-0.1, -0.05) is 32.0 Å². The van der Waals surface area contributed by atoms with Crippen molar-refractivity contribution in [3.63, 3.8) is 0 Å². The predicted molar refractivity (Wildman–Crippen MR) is 82.2 cm³/mol. The molecule has 2 rings (SSSR count). The minimum atomic E-state index is 0.478. The molecule has 0 bridgehead atoms. The van der Waals surface area contributed by atoms with Crippen molar-refractivity contribution in [1.29, 1.82) is 0 Å². The maximum Gasteiger partial charge on any atom is 0.219 e. The Kier molecular flexibility index (Phi) is 5.13. The van der Waals surface area contributed by atoms with E-state index in [1.807, 2.05) is 31.3 Å². The molecule has 0 saturated heterocycles. The molecule has 0 radical (unpaired) electrons. The Morgan fingerprint density at radius 1 is 1.25 bits per heavy atom. The quantitative estimate of drug-likeness (QED) is 0.857. The van der Waals surface area contributed by atoms with Crippen molar-refractivity contribution < 1.29 is 4.74 Å². The molecule has 1 aromatic heterocycles. The molecule has 0 amide bonds. The van der Waals surface area contributed by atoms with Crippen molar-refractivity contribution in [2.24, 2.45) is 0 Å². The molecule has 106 valence electrons. The average molecular weight is 270 g/mol. The molecule has 0 aliphatic carbocycles. The number of para-hydroxylation sites is 1. The zero-order valence-electron chi connectivity index (χ0n) is 12.4. The van der Waals surface area contributed by atoms with Crippen LogP contribution in [0.3, 0.4) is 0 Å². The lowest BCUT2D eigenvalue weighted by Crippen LogP contribution is -2.05. The van der Waals surface area contributed by atoms with E-state index < -0.39 is 0 Å². The van der Waals surface area contributed by atoms with Crippen molar-refractivity contribution in [2.75, 3.05) is 7.05 Å². The van der Waals surface area contributed by atoms with Gasteiger partial charge in [0.2, 0.25) is 5.88 Å². The van der Waals surface area contributed by atoms with Gasteiger partial charge in [0.15, 0.2) is 0 Å². The number of nitrogens with one attached hydrogen (secondary N) is 1. The Labute approximate surface area is 121 Å². The predicted octanol–water partition coefficient (Wildman–Crippen LogP) is 4.11. The van der Waals surface area contributed by atoms with Crippen molar-refractivity contribution in [2.45, 2.75) is 32.7 Å². The summed E-state index contributed by atoms with van der Waals surface area (Å²) < 4.78 is 5.98. The second-order valence-electron chi connectivity index (χ2n) is 4.98. The van der Waals surface area contributed by atoms with Crippen LogP contribution in [-0.4, -0.2) is 12.0 Å². The normalized spacial score (nSPS) is 12.2. The summed E-state index contributed by atoms with van der Waals surface area (Å²) in [4.78, 5) is 4.29. The summed E-state index contributed by atoms with van der Waals surface area (Å²) in [5, 5.41) is 3.13. The third-order valence-corrected chi connectivity index (χ3v) is 3.46. The standard InChI is InChI=1S/C17H22N2O/c1-4-13(2)15-7-5-6-8-16(15)20-17-11-14(12-18-3)9-10-19-17/h5-11,13,18H,4,12H2,1-3H3. The van der Waals surface area contributed by atoms with E-state index in [-0.39, 0.29) is 0 Å². The lowest BCUT2D eigenvalue weighted by atomic mass is 9.98. The highest BCUT2D eigenvalue weighted by Crippen LogP contribution is 2.31. The molecule has 0 saturated carbocycles. The molecule has 1 heterocycles. The number of hydrogen-bond acceptors (Lipinski definition) is 3. The van der Waals surface area contributed by atoms with Crippen molar-refractivity contribution >= 4 is 0 Å². The SMILES string of the molecule is CCC(C)c1ccccc1Oc1cc(CNC)ccn1. The van der Waals surface area contributed by atoms with E-state index in [2.05, 4.69) is 36.3 Å². The summed E-state index contributed by atoms with van der Waals surface area (Å²) in [5.41, 5.74) is 2.40. The highest BCUT2D eigenvalue weighted by Gasteiger charge is 2.10. The highest BCUT2D eigenvalue weighted by molar-refractivity contribution is 5.38. The van der Waals surface area contributed by atoms with Gasteiger partial charge in [-0.2, -0.15) is 0 Å².